The van der Waals surface area contributed by atoms with E-state index in [1.165, 1.54) is 0 Å². The summed E-state index contributed by atoms with van der Waals surface area (Å²) in [6.07, 6.45) is -7.77. The van der Waals surface area contributed by atoms with Crippen molar-refractivity contribution in [1.29, 1.82) is 0 Å². The van der Waals surface area contributed by atoms with E-state index < -0.39 is 73.9 Å². The fourth-order valence-corrected chi connectivity index (χ4v) is 7.75. The maximum Gasteiger partial charge on any atom is 0.187 e. The predicted octanol–water partition coefficient (Wildman–Crippen LogP) is -2.18. The van der Waals surface area contributed by atoms with Gasteiger partial charge < -0.3 is 59.1 Å². The van der Waals surface area contributed by atoms with Gasteiger partial charge in [-0.1, -0.05) is 0 Å². The lowest BCUT2D eigenvalue weighted by Crippen LogP contribution is -2.68. The molecule has 220 valence electrons. The summed E-state index contributed by atoms with van der Waals surface area (Å²) in [5, 5.41) is 62.5. The van der Waals surface area contributed by atoms with Crippen molar-refractivity contribution in [3.05, 3.63) is 0 Å². The molecule has 12 heteroatoms. The van der Waals surface area contributed by atoms with Gasteiger partial charge in [0.1, 0.15) is 36.6 Å². The fraction of sp³-hybridized carbons (Fsp3) is 1.00. The van der Waals surface area contributed by atoms with Gasteiger partial charge in [-0.3, -0.25) is 0 Å². The summed E-state index contributed by atoms with van der Waals surface area (Å²) in [6.45, 7) is 1.45. The number of methoxy groups -OCH3 is 2. The maximum atomic E-state index is 10.8. The molecule has 5 aliphatic rings. The van der Waals surface area contributed by atoms with E-state index in [0.29, 0.717) is 32.1 Å². The summed E-state index contributed by atoms with van der Waals surface area (Å²) < 4.78 is 35.0. The molecule has 0 aromatic carbocycles. The summed E-state index contributed by atoms with van der Waals surface area (Å²) in [5.74, 6) is -0.129. The van der Waals surface area contributed by atoms with E-state index in [4.69, 9.17) is 28.4 Å². The highest BCUT2D eigenvalue weighted by molar-refractivity contribution is 5.05. The zero-order valence-corrected chi connectivity index (χ0v) is 22.2. The van der Waals surface area contributed by atoms with Gasteiger partial charge >= 0.3 is 0 Å². The van der Waals surface area contributed by atoms with E-state index in [1.807, 2.05) is 6.92 Å². The Bertz CT molecular complexity index is 769. The third-order valence-corrected chi connectivity index (χ3v) is 9.58. The number of aliphatic hydroxyl groups is 8. The van der Waals surface area contributed by atoms with E-state index in [1.54, 1.807) is 14.2 Å². The Kier molecular flexibility index (Phi) is 9.00. The molecule has 12 nitrogen and oxygen atoms in total. The van der Waals surface area contributed by atoms with Crippen molar-refractivity contribution in [2.24, 2.45) is 17.8 Å². The summed E-state index contributed by atoms with van der Waals surface area (Å²) in [6, 6.07) is 0. The van der Waals surface area contributed by atoms with Crippen molar-refractivity contribution >= 4 is 0 Å². The van der Waals surface area contributed by atoms with Gasteiger partial charge in [-0.15, -0.1) is 0 Å². The van der Waals surface area contributed by atoms with Crippen LogP contribution in [0.3, 0.4) is 0 Å². The molecule has 5 fully saturated rings. The van der Waals surface area contributed by atoms with Crippen LogP contribution in [-0.4, -0.2) is 142 Å². The topological polar surface area (TPSA) is 180 Å². The van der Waals surface area contributed by atoms with Crippen molar-refractivity contribution in [2.75, 3.05) is 20.8 Å². The zero-order valence-electron chi connectivity index (χ0n) is 22.2. The molecule has 3 saturated heterocycles. The van der Waals surface area contributed by atoms with Crippen molar-refractivity contribution in [1.82, 2.24) is 0 Å². The summed E-state index contributed by atoms with van der Waals surface area (Å²) in [4.78, 5) is 0. The first-order valence-corrected chi connectivity index (χ1v) is 13.9. The number of rotatable bonds is 6. The minimum atomic E-state index is -1.55. The Labute approximate surface area is 222 Å². The molecular formula is C26H45O12+. The van der Waals surface area contributed by atoms with E-state index in [-0.39, 0.29) is 36.1 Å². The zero-order chi connectivity index (χ0) is 27.3. The predicted molar refractivity (Wildman–Crippen MR) is 130 cm³/mol. The van der Waals surface area contributed by atoms with E-state index in [0.717, 1.165) is 0 Å². The summed E-state index contributed by atoms with van der Waals surface area (Å²) in [7, 11) is 3.11. The number of hydrogen-bond donors (Lipinski definition) is 6. The first kappa shape index (κ1) is 29.0. The summed E-state index contributed by atoms with van der Waals surface area (Å²) >= 11 is 0. The molecule has 0 amide bonds. The first-order valence-electron chi connectivity index (χ1n) is 13.9. The molecule has 0 radical (unpaired) electrons. The average Bonchev–Trinajstić information content (AvgIpc) is 2.89. The minimum Gasteiger partial charge on any atom is -0.427 e. The number of hydrogen-bond acceptors (Lipinski definition) is 11. The standard InChI is InChI=1S/C26H44O12/c1-10-4-13-19-14(35-10)7-12(28)8-15(19)36-24(11-5-16(33-2)20(29)17(6-11)34-3)25(13)38-26-23(32)22(31)21(30)18(9-27)37-26/h10-32H,4-9H2,1-3H3/p+1. The van der Waals surface area contributed by atoms with Crippen molar-refractivity contribution in [3.63, 3.8) is 0 Å². The highest BCUT2D eigenvalue weighted by atomic mass is 16.7. The smallest absolute Gasteiger partial charge is 0.187 e. The van der Waals surface area contributed by atoms with Gasteiger partial charge in [-0.25, -0.2) is 0 Å². The van der Waals surface area contributed by atoms with Crippen LogP contribution < -0.4 is 0 Å². The van der Waals surface area contributed by atoms with Gasteiger partial charge in [0.15, 0.2) is 18.5 Å². The molecule has 15 atom stereocenters. The van der Waals surface area contributed by atoms with Gasteiger partial charge in [-0.05, 0) is 26.2 Å². The van der Waals surface area contributed by atoms with Crippen LogP contribution >= 0.6 is 0 Å². The van der Waals surface area contributed by atoms with E-state index in [9.17, 15) is 30.6 Å². The Balaban J connectivity index is 1.47. The van der Waals surface area contributed by atoms with E-state index in [2.05, 4.69) is 0 Å². The van der Waals surface area contributed by atoms with Crippen molar-refractivity contribution in [2.45, 2.75) is 125 Å². The lowest BCUT2D eigenvalue weighted by atomic mass is 9.64. The lowest BCUT2D eigenvalue weighted by molar-refractivity contribution is -0.380. The third kappa shape index (κ3) is 5.28. The van der Waals surface area contributed by atoms with Crippen molar-refractivity contribution < 1.29 is 59.1 Å². The van der Waals surface area contributed by atoms with E-state index >= 15 is 0 Å². The quantitative estimate of drug-likeness (QED) is 0.198. The average molecular weight is 550 g/mol. The second-order valence-electron chi connectivity index (χ2n) is 11.9. The molecule has 2 saturated carbocycles. The molecule has 7 N–H and O–H groups in total. The van der Waals surface area contributed by atoms with Crippen LogP contribution in [0.2, 0.25) is 0 Å². The van der Waals surface area contributed by atoms with Crippen LogP contribution in [0.1, 0.15) is 39.0 Å². The van der Waals surface area contributed by atoms with Crippen LogP contribution in [-0.2, 0) is 23.7 Å². The number of ether oxygens (including phenoxy) is 6. The van der Waals surface area contributed by atoms with Crippen LogP contribution in [0.4, 0.5) is 0 Å². The van der Waals surface area contributed by atoms with Crippen molar-refractivity contribution in [3.8, 4) is 0 Å². The first-order chi connectivity index (χ1) is 18.2. The molecule has 0 aromatic heterocycles. The molecule has 2 aliphatic carbocycles. The Morgan fingerprint density at radius 3 is 2.13 bits per heavy atom. The van der Waals surface area contributed by atoms with Crippen LogP contribution in [0.5, 0.6) is 0 Å². The van der Waals surface area contributed by atoms with Gasteiger partial charge in [0.2, 0.25) is 0 Å². The van der Waals surface area contributed by atoms with Gasteiger partial charge in [0.05, 0.1) is 43.0 Å². The van der Waals surface area contributed by atoms with Crippen LogP contribution in [0.25, 0.3) is 0 Å². The SMILES string of the molecule is COC1CC(C2[OH+]C3CC(O)CC4OC(C)CC(C2OC2OC(CO)C(O)C(O)C2O)C43)CC(OC)C1O. The van der Waals surface area contributed by atoms with Crippen LogP contribution in [0.15, 0.2) is 0 Å². The normalized spacial score (nSPS) is 55.3. The Morgan fingerprint density at radius 1 is 0.816 bits per heavy atom. The lowest BCUT2D eigenvalue weighted by Gasteiger charge is -2.55. The highest BCUT2D eigenvalue weighted by Crippen LogP contribution is 2.50. The molecule has 0 aromatic rings. The molecular weight excluding hydrogens is 504 g/mol. The third-order valence-electron chi connectivity index (χ3n) is 9.58. The Morgan fingerprint density at radius 2 is 1.50 bits per heavy atom. The molecule has 3 aliphatic heterocycles. The molecule has 38 heavy (non-hydrogen) atoms. The fourth-order valence-electron chi connectivity index (χ4n) is 7.75. The van der Waals surface area contributed by atoms with Crippen LogP contribution in [0, 0.1) is 17.8 Å². The largest absolute Gasteiger partial charge is 0.427 e. The van der Waals surface area contributed by atoms with Gasteiger partial charge in [-0.2, -0.15) is 0 Å². The highest BCUT2D eigenvalue weighted by Gasteiger charge is 2.61. The minimum absolute atomic E-state index is 0.00589. The summed E-state index contributed by atoms with van der Waals surface area (Å²) in [5.41, 5.74) is 0. The molecule has 15 unspecified atom stereocenters. The van der Waals surface area contributed by atoms with Gasteiger partial charge in [0, 0.05) is 38.9 Å². The molecule has 0 bridgehead atoms. The molecule has 0 spiro atoms. The van der Waals surface area contributed by atoms with Gasteiger partial charge in [0.25, 0.3) is 0 Å². The Hall–Kier alpha value is -0.480. The maximum absolute atomic E-state index is 10.8. The molecule has 5 rings (SSSR count). The number of aliphatic hydroxyl groups excluding tert-OH is 6. The monoisotopic (exact) mass is 549 g/mol. The second kappa shape index (κ2) is 11.8. The molecule has 3 heterocycles. The second-order valence-corrected chi connectivity index (χ2v) is 11.9.